The van der Waals surface area contributed by atoms with E-state index >= 15 is 0 Å². The number of nitrogens with zero attached hydrogens (tertiary/aromatic N) is 1. The van der Waals surface area contributed by atoms with E-state index in [9.17, 15) is 14.4 Å². The molecule has 244 valence electrons. The van der Waals surface area contributed by atoms with E-state index in [-0.39, 0.29) is 30.9 Å². The van der Waals surface area contributed by atoms with Crippen molar-refractivity contribution in [3.05, 3.63) is 12.2 Å². The highest BCUT2D eigenvalue weighted by Gasteiger charge is 2.22. The molecule has 3 amide bonds. The third kappa shape index (κ3) is 23.5. The van der Waals surface area contributed by atoms with Gasteiger partial charge in [0.15, 0.2) is 0 Å². The number of hydrogen-bond acceptors (Lipinski definition) is 12. The number of amides is 3. The van der Waals surface area contributed by atoms with Gasteiger partial charge in [0.1, 0.15) is 0 Å². The largest absolute Gasteiger partial charge is 0.379 e. The molecule has 0 aromatic carbocycles. The van der Waals surface area contributed by atoms with Crippen LogP contribution in [0.25, 0.3) is 0 Å². The highest BCUT2D eigenvalue weighted by Crippen LogP contribution is 2.02. The summed E-state index contributed by atoms with van der Waals surface area (Å²) in [6, 6.07) is 0. The van der Waals surface area contributed by atoms with Gasteiger partial charge in [-0.15, -0.1) is 0 Å². The molecule has 0 atom stereocenters. The minimum Gasteiger partial charge on any atom is -0.379 e. The van der Waals surface area contributed by atoms with E-state index in [1.54, 1.807) is 0 Å². The Morgan fingerprint density at radius 1 is 0.571 bits per heavy atom. The van der Waals surface area contributed by atoms with Crippen molar-refractivity contribution in [2.45, 2.75) is 19.3 Å². The number of carbonyl (C=O) groups excluding carboxylic acids is 3. The van der Waals surface area contributed by atoms with Crippen LogP contribution >= 0.6 is 0 Å². The highest BCUT2D eigenvalue weighted by atomic mass is 16.6. The van der Waals surface area contributed by atoms with Gasteiger partial charge in [0, 0.05) is 25.1 Å². The third-order valence-corrected chi connectivity index (χ3v) is 5.61. The summed E-state index contributed by atoms with van der Waals surface area (Å²) in [4.78, 5) is 35.5. The van der Waals surface area contributed by atoms with Gasteiger partial charge in [-0.2, -0.15) is 0 Å². The van der Waals surface area contributed by atoms with Crippen molar-refractivity contribution >= 4 is 17.7 Å². The summed E-state index contributed by atoms with van der Waals surface area (Å²) >= 11 is 0. The fourth-order valence-corrected chi connectivity index (χ4v) is 3.36. The molecule has 1 aliphatic rings. The monoisotopic (exact) mass is 605 g/mol. The summed E-state index contributed by atoms with van der Waals surface area (Å²) in [6.45, 7) is 8.95. The third-order valence-electron chi connectivity index (χ3n) is 5.61. The Labute approximate surface area is 249 Å². The van der Waals surface area contributed by atoms with Crippen LogP contribution in [-0.2, 0) is 52.3 Å². The van der Waals surface area contributed by atoms with Crippen LogP contribution in [0.4, 0.5) is 0 Å². The zero-order chi connectivity index (χ0) is 30.4. The van der Waals surface area contributed by atoms with Gasteiger partial charge in [-0.05, 0) is 26.4 Å². The molecule has 0 saturated carbocycles. The van der Waals surface area contributed by atoms with Gasteiger partial charge >= 0.3 is 0 Å². The molecule has 1 aliphatic heterocycles. The van der Waals surface area contributed by atoms with Gasteiger partial charge < -0.3 is 48.5 Å². The minimum absolute atomic E-state index is 0.0131. The van der Waals surface area contributed by atoms with E-state index in [4.69, 9.17) is 37.9 Å². The molecule has 0 fully saturated rings. The van der Waals surface area contributed by atoms with Crippen molar-refractivity contribution in [1.29, 1.82) is 0 Å². The number of rotatable bonds is 32. The lowest BCUT2D eigenvalue weighted by Crippen LogP contribution is -2.33. The maximum atomic E-state index is 11.6. The molecular formula is C28H51N3O11. The first kappa shape index (κ1) is 38.0. The lowest BCUT2D eigenvalue weighted by molar-refractivity contribution is -0.137. The van der Waals surface area contributed by atoms with Crippen LogP contribution < -0.4 is 10.6 Å². The van der Waals surface area contributed by atoms with Gasteiger partial charge in [0.05, 0.1) is 112 Å². The van der Waals surface area contributed by atoms with E-state index in [2.05, 4.69) is 10.6 Å². The van der Waals surface area contributed by atoms with Crippen LogP contribution in [0.1, 0.15) is 19.3 Å². The summed E-state index contributed by atoms with van der Waals surface area (Å²) in [5, 5.41) is 5.96. The minimum atomic E-state index is -0.308. The fourth-order valence-electron chi connectivity index (χ4n) is 3.36. The predicted molar refractivity (Wildman–Crippen MR) is 153 cm³/mol. The standard InChI is InChI=1S/C28H51N3O11/c1-29-7-2-3-8-30-26(32)6-10-35-12-14-37-16-18-39-20-22-41-24-25-42-23-21-40-19-17-38-15-13-36-11-9-31-27(33)4-5-28(31)34/h4-5,29H,2-3,6-25H2,1H3,(H,30,32). The van der Waals surface area contributed by atoms with Crippen LogP contribution in [0.5, 0.6) is 0 Å². The molecule has 14 nitrogen and oxygen atoms in total. The molecule has 42 heavy (non-hydrogen) atoms. The SMILES string of the molecule is CNCCCCNC(=O)CCOCCOCCOCCOCCOCCOCCOCCOCCN1C(=O)C=CC1=O. The molecule has 0 radical (unpaired) electrons. The molecular weight excluding hydrogens is 554 g/mol. The number of ether oxygens (including phenoxy) is 8. The predicted octanol–water partition coefficient (Wildman–Crippen LogP) is -0.450. The second-order valence-electron chi connectivity index (χ2n) is 8.97. The number of nitrogens with one attached hydrogen (secondary N) is 2. The van der Waals surface area contributed by atoms with Crippen LogP contribution in [0.15, 0.2) is 12.2 Å². The zero-order valence-corrected chi connectivity index (χ0v) is 25.1. The van der Waals surface area contributed by atoms with Crippen molar-refractivity contribution in [3.63, 3.8) is 0 Å². The lowest BCUT2D eigenvalue weighted by Gasteiger charge is -2.13. The van der Waals surface area contributed by atoms with Crippen molar-refractivity contribution in [2.75, 3.05) is 132 Å². The van der Waals surface area contributed by atoms with E-state index in [1.807, 2.05) is 7.05 Å². The summed E-state index contributed by atoms with van der Waals surface area (Å²) in [7, 11) is 1.92. The summed E-state index contributed by atoms with van der Waals surface area (Å²) < 4.78 is 43.4. The second kappa shape index (κ2) is 29.1. The fraction of sp³-hybridized carbons (Fsp3) is 0.821. The topological polar surface area (TPSA) is 152 Å². The maximum Gasteiger partial charge on any atom is 0.253 e. The molecule has 0 spiro atoms. The number of imide groups is 1. The Morgan fingerprint density at radius 2 is 0.929 bits per heavy atom. The summed E-state index contributed by atoms with van der Waals surface area (Å²) in [6.07, 6.45) is 4.88. The van der Waals surface area contributed by atoms with E-state index in [1.165, 1.54) is 12.2 Å². The normalized spacial score (nSPS) is 13.0. The average molecular weight is 606 g/mol. The Hall–Kier alpha value is -2.01. The molecule has 0 bridgehead atoms. The molecule has 1 heterocycles. The van der Waals surface area contributed by atoms with Crippen LogP contribution in [-0.4, -0.2) is 155 Å². The van der Waals surface area contributed by atoms with Crippen molar-refractivity contribution in [2.24, 2.45) is 0 Å². The van der Waals surface area contributed by atoms with Crippen LogP contribution in [0.2, 0.25) is 0 Å². The highest BCUT2D eigenvalue weighted by molar-refractivity contribution is 6.12. The first-order valence-electron chi connectivity index (χ1n) is 14.7. The number of unbranched alkanes of at least 4 members (excludes halogenated alkanes) is 1. The van der Waals surface area contributed by atoms with Crippen molar-refractivity contribution < 1.29 is 52.3 Å². The zero-order valence-electron chi connectivity index (χ0n) is 25.1. The molecule has 0 unspecified atom stereocenters. The number of hydrogen-bond donors (Lipinski definition) is 2. The number of carbonyl (C=O) groups is 3. The first-order chi connectivity index (χ1) is 20.6. The Balaban J connectivity index is 1.66. The second-order valence-corrected chi connectivity index (χ2v) is 8.97. The van der Waals surface area contributed by atoms with Gasteiger partial charge in [-0.3, -0.25) is 19.3 Å². The van der Waals surface area contributed by atoms with Gasteiger partial charge in [0.25, 0.3) is 11.8 Å². The molecule has 0 aliphatic carbocycles. The smallest absolute Gasteiger partial charge is 0.253 e. The summed E-state index contributed by atoms with van der Waals surface area (Å²) in [5.41, 5.74) is 0. The molecule has 0 saturated heterocycles. The Morgan fingerprint density at radius 3 is 1.33 bits per heavy atom. The average Bonchev–Trinajstić information content (AvgIpc) is 3.31. The maximum absolute atomic E-state index is 11.6. The van der Waals surface area contributed by atoms with Crippen LogP contribution in [0, 0.1) is 0 Å². The molecule has 0 aromatic rings. The van der Waals surface area contributed by atoms with Gasteiger partial charge in [-0.1, -0.05) is 0 Å². The molecule has 2 N–H and O–H groups in total. The van der Waals surface area contributed by atoms with E-state index in [0.29, 0.717) is 112 Å². The Bertz CT molecular complexity index is 695. The molecule has 14 heteroatoms. The van der Waals surface area contributed by atoms with Gasteiger partial charge in [-0.25, -0.2) is 0 Å². The van der Waals surface area contributed by atoms with Crippen molar-refractivity contribution in [1.82, 2.24) is 15.5 Å². The first-order valence-corrected chi connectivity index (χ1v) is 14.7. The Kier molecular flexibility index (Phi) is 26.3. The molecule has 0 aromatic heterocycles. The quantitative estimate of drug-likeness (QED) is 0.0755. The van der Waals surface area contributed by atoms with Crippen molar-refractivity contribution in [3.8, 4) is 0 Å². The van der Waals surface area contributed by atoms with E-state index < -0.39 is 0 Å². The molecule has 1 rings (SSSR count). The van der Waals surface area contributed by atoms with Gasteiger partial charge in [0.2, 0.25) is 5.91 Å². The lowest BCUT2D eigenvalue weighted by atomic mass is 10.3. The summed E-state index contributed by atoms with van der Waals surface area (Å²) in [5.74, 6) is -0.602. The van der Waals surface area contributed by atoms with E-state index in [0.717, 1.165) is 24.3 Å². The van der Waals surface area contributed by atoms with Crippen LogP contribution in [0.3, 0.4) is 0 Å².